The van der Waals surface area contributed by atoms with E-state index >= 15 is 0 Å². The highest BCUT2D eigenvalue weighted by Crippen LogP contribution is 2.40. The lowest BCUT2D eigenvalue weighted by Gasteiger charge is -2.10. The van der Waals surface area contributed by atoms with Crippen molar-refractivity contribution in [2.24, 2.45) is 0 Å². The Morgan fingerprint density at radius 2 is 1.95 bits per heavy atom. The van der Waals surface area contributed by atoms with Crippen molar-refractivity contribution >= 4 is 39.0 Å². The third-order valence-corrected chi connectivity index (χ3v) is 3.68. The minimum Gasteiger partial charge on any atom is -0.383 e. The molecular formula is C12H9BrClN3O2. The molecule has 0 saturated carbocycles. The Balaban J connectivity index is 2.80. The van der Waals surface area contributed by atoms with Crippen LogP contribution in [0.3, 0.4) is 0 Å². The zero-order chi connectivity index (χ0) is 14.2. The van der Waals surface area contributed by atoms with Gasteiger partial charge in [-0.15, -0.1) is 0 Å². The van der Waals surface area contributed by atoms with E-state index in [-0.39, 0.29) is 17.2 Å². The number of aryl methyl sites for hydroxylation is 1. The highest BCUT2D eigenvalue weighted by atomic mass is 79.9. The van der Waals surface area contributed by atoms with Crippen LogP contribution in [0.15, 0.2) is 28.7 Å². The summed E-state index contributed by atoms with van der Waals surface area (Å²) in [6.45, 7) is 1.56. The van der Waals surface area contributed by atoms with Crippen molar-refractivity contribution in [1.29, 1.82) is 0 Å². The van der Waals surface area contributed by atoms with Gasteiger partial charge in [0.25, 0.3) is 5.69 Å². The number of rotatable bonds is 2. The number of benzene rings is 1. The first-order valence-corrected chi connectivity index (χ1v) is 6.44. The van der Waals surface area contributed by atoms with Crippen molar-refractivity contribution in [2.45, 2.75) is 6.92 Å². The molecular weight excluding hydrogens is 334 g/mol. The molecule has 2 aromatic rings. The van der Waals surface area contributed by atoms with Crippen LogP contribution in [0, 0.1) is 17.0 Å². The van der Waals surface area contributed by atoms with Crippen LogP contribution in [0.25, 0.3) is 11.1 Å². The standard InChI is InChI=1S/C12H9BrClN3O2/c1-6-11(17(18)19)9(10(13)12(15)16-6)7-2-4-8(14)5-3-7/h2-5H,1H3,(H2,15,16). The fourth-order valence-electron chi connectivity index (χ4n) is 1.80. The lowest BCUT2D eigenvalue weighted by molar-refractivity contribution is -0.385. The molecule has 2 N–H and O–H groups in total. The van der Waals surface area contributed by atoms with Gasteiger partial charge in [-0.2, -0.15) is 0 Å². The third kappa shape index (κ3) is 2.54. The highest BCUT2D eigenvalue weighted by molar-refractivity contribution is 9.10. The van der Waals surface area contributed by atoms with Crippen LogP contribution in [0.1, 0.15) is 5.69 Å². The first-order valence-electron chi connectivity index (χ1n) is 5.27. The van der Waals surface area contributed by atoms with Crippen LogP contribution in [0.2, 0.25) is 5.02 Å². The van der Waals surface area contributed by atoms with Crippen LogP contribution in [-0.4, -0.2) is 9.91 Å². The molecule has 0 atom stereocenters. The molecule has 0 amide bonds. The van der Waals surface area contributed by atoms with Gasteiger partial charge in [-0.25, -0.2) is 4.98 Å². The van der Waals surface area contributed by atoms with E-state index in [1.807, 2.05) is 0 Å². The summed E-state index contributed by atoms with van der Waals surface area (Å²) in [6, 6.07) is 6.74. The number of pyridine rings is 1. The van der Waals surface area contributed by atoms with Crippen molar-refractivity contribution in [2.75, 3.05) is 5.73 Å². The minimum atomic E-state index is -0.462. The predicted octanol–water partition coefficient (Wildman–Crippen LogP) is 3.96. The van der Waals surface area contributed by atoms with Crippen molar-refractivity contribution in [3.63, 3.8) is 0 Å². The number of nitrogens with two attached hydrogens (primary N) is 1. The van der Waals surface area contributed by atoms with Gasteiger partial charge in [-0.05, 0) is 40.5 Å². The van der Waals surface area contributed by atoms with E-state index < -0.39 is 4.92 Å². The average molecular weight is 343 g/mol. The maximum Gasteiger partial charge on any atom is 0.299 e. The van der Waals surface area contributed by atoms with Gasteiger partial charge in [-0.1, -0.05) is 23.7 Å². The van der Waals surface area contributed by atoms with Gasteiger partial charge in [0, 0.05) is 5.02 Å². The summed E-state index contributed by atoms with van der Waals surface area (Å²) in [4.78, 5) is 14.7. The molecule has 0 aliphatic carbocycles. The topological polar surface area (TPSA) is 82.0 Å². The maximum absolute atomic E-state index is 11.2. The lowest BCUT2D eigenvalue weighted by Crippen LogP contribution is -2.03. The van der Waals surface area contributed by atoms with Gasteiger partial charge < -0.3 is 5.73 Å². The Morgan fingerprint density at radius 1 is 1.37 bits per heavy atom. The normalized spacial score (nSPS) is 10.5. The van der Waals surface area contributed by atoms with E-state index in [9.17, 15) is 10.1 Å². The number of anilines is 1. The fraction of sp³-hybridized carbons (Fsp3) is 0.0833. The van der Waals surface area contributed by atoms with Crippen LogP contribution in [0.4, 0.5) is 11.5 Å². The van der Waals surface area contributed by atoms with E-state index in [1.54, 1.807) is 31.2 Å². The van der Waals surface area contributed by atoms with Crippen molar-refractivity contribution in [3.05, 3.63) is 49.6 Å². The molecule has 1 heterocycles. The zero-order valence-corrected chi connectivity index (χ0v) is 12.2. The second kappa shape index (κ2) is 5.14. The van der Waals surface area contributed by atoms with Crippen LogP contribution < -0.4 is 5.73 Å². The Kier molecular flexibility index (Phi) is 3.73. The Labute approximate surface area is 122 Å². The van der Waals surface area contributed by atoms with Crippen molar-refractivity contribution in [3.8, 4) is 11.1 Å². The van der Waals surface area contributed by atoms with Crippen molar-refractivity contribution < 1.29 is 4.92 Å². The molecule has 0 fully saturated rings. The summed E-state index contributed by atoms with van der Waals surface area (Å²) in [5, 5.41) is 11.8. The number of nitrogens with zero attached hydrogens (tertiary/aromatic N) is 2. The number of aromatic nitrogens is 1. The molecule has 0 bridgehead atoms. The van der Waals surface area contributed by atoms with Gasteiger partial charge in [0.05, 0.1) is 15.0 Å². The molecule has 2 rings (SSSR count). The first-order chi connectivity index (χ1) is 8.91. The summed E-state index contributed by atoms with van der Waals surface area (Å²) in [6.07, 6.45) is 0. The van der Waals surface area contributed by atoms with Crippen LogP contribution >= 0.6 is 27.5 Å². The fourth-order valence-corrected chi connectivity index (χ4v) is 2.43. The van der Waals surface area contributed by atoms with Gasteiger partial charge >= 0.3 is 0 Å². The summed E-state index contributed by atoms with van der Waals surface area (Å²) < 4.78 is 0.409. The minimum absolute atomic E-state index is 0.0663. The summed E-state index contributed by atoms with van der Waals surface area (Å²) in [5.74, 6) is 0.216. The smallest absolute Gasteiger partial charge is 0.299 e. The van der Waals surface area contributed by atoms with E-state index in [0.717, 1.165) is 0 Å². The SMILES string of the molecule is Cc1nc(N)c(Br)c(-c2ccc(Cl)cc2)c1[N+](=O)[O-]. The summed E-state index contributed by atoms with van der Waals surface area (Å²) >= 11 is 9.08. The average Bonchev–Trinajstić information content (AvgIpc) is 2.34. The second-order valence-corrected chi connectivity index (χ2v) is 5.11. The number of hydrogen-bond donors (Lipinski definition) is 1. The number of halogens is 2. The molecule has 98 valence electrons. The molecule has 0 saturated heterocycles. The maximum atomic E-state index is 11.2. The highest BCUT2D eigenvalue weighted by Gasteiger charge is 2.24. The van der Waals surface area contributed by atoms with Gasteiger partial charge in [0.2, 0.25) is 0 Å². The molecule has 0 aliphatic rings. The molecule has 0 spiro atoms. The first kappa shape index (κ1) is 13.8. The van der Waals surface area contributed by atoms with Gasteiger partial charge in [-0.3, -0.25) is 10.1 Å². The lowest BCUT2D eigenvalue weighted by atomic mass is 10.0. The van der Waals surface area contributed by atoms with E-state index in [1.165, 1.54) is 0 Å². The van der Waals surface area contributed by atoms with E-state index in [0.29, 0.717) is 20.6 Å². The number of nitrogen functional groups attached to an aromatic ring is 1. The predicted molar refractivity (Wildman–Crippen MR) is 78.2 cm³/mol. The van der Waals surface area contributed by atoms with Gasteiger partial charge in [0.15, 0.2) is 0 Å². The largest absolute Gasteiger partial charge is 0.383 e. The molecule has 1 aromatic heterocycles. The summed E-state index contributed by atoms with van der Waals surface area (Å²) in [5.41, 5.74) is 7.02. The molecule has 1 aromatic carbocycles. The quantitative estimate of drug-likeness (QED) is 0.661. The Bertz CT molecular complexity index is 659. The van der Waals surface area contributed by atoms with E-state index in [4.69, 9.17) is 17.3 Å². The van der Waals surface area contributed by atoms with Gasteiger partial charge in [0.1, 0.15) is 11.5 Å². The van der Waals surface area contributed by atoms with Crippen LogP contribution in [-0.2, 0) is 0 Å². The second-order valence-electron chi connectivity index (χ2n) is 3.88. The molecule has 0 radical (unpaired) electrons. The molecule has 19 heavy (non-hydrogen) atoms. The van der Waals surface area contributed by atoms with Crippen LogP contribution in [0.5, 0.6) is 0 Å². The third-order valence-electron chi connectivity index (χ3n) is 2.63. The molecule has 5 nitrogen and oxygen atoms in total. The number of nitro groups is 1. The molecule has 0 aliphatic heterocycles. The van der Waals surface area contributed by atoms with E-state index in [2.05, 4.69) is 20.9 Å². The summed E-state index contributed by atoms with van der Waals surface area (Å²) in [7, 11) is 0. The molecule has 7 heteroatoms. The zero-order valence-electron chi connectivity index (χ0n) is 9.85. The monoisotopic (exact) mass is 341 g/mol. The Morgan fingerprint density at radius 3 is 2.47 bits per heavy atom. The van der Waals surface area contributed by atoms with Crippen molar-refractivity contribution in [1.82, 2.24) is 4.98 Å². The number of hydrogen-bond acceptors (Lipinski definition) is 4. The Hall–Kier alpha value is -1.66. The molecule has 0 unspecified atom stereocenters.